The van der Waals surface area contributed by atoms with E-state index >= 15 is 0 Å². The maximum atomic E-state index is 12.0. The largest absolute Gasteiger partial charge is 0.508 e. The van der Waals surface area contributed by atoms with Gasteiger partial charge in [0.1, 0.15) is 11.5 Å². The highest BCUT2D eigenvalue weighted by molar-refractivity contribution is 6.36. The maximum Gasteiger partial charge on any atom is 0.271 e. The van der Waals surface area contributed by atoms with E-state index in [1.807, 2.05) is 6.92 Å². The minimum atomic E-state index is -0.441. The Morgan fingerprint density at radius 2 is 1.83 bits per heavy atom. The lowest BCUT2D eigenvalue weighted by molar-refractivity contribution is 0.0955. The first-order valence-corrected chi connectivity index (χ1v) is 7.52. The van der Waals surface area contributed by atoms with Gasteiger partial charge in [-0.25, -0.2) is 5.43 Å². The molecular formula is C16H14Cl2N2O3. The van der Waals surface area contributed by atoms with Crippen molar-refractivity contribution in [1.82, 2.24) is 5.43 Å². The molecular weight excluding hydrogens is 339 g/mol. The number of aromatic hydroxyl groups is 2. The minimum Gasteiger partial charge on any atom is -0.508 e. The average molecular weight is 353 g/mol. The summed E-state index contributed by atoms with van der Waals surface area (Å²) in [7, 11) is 0. The van der Waals surface area contributed by atoms with Gasteiger partial charge in [-0.15, -0.1) is 0 Å². The summed E-state index contributed by atoms with van der Waals surface area (Å²) < 4.78 is 0. The summed E-state index contributed by atoms with van der Waals surface area (Å²) in [6.07, 6.45) is 0.445. The molecule has 7 heteroatoms. The molecule has 3 N–H and O–H groups in total. The number of carbonyl (C=O) groups excluding carboxylic acids is 1. The van der Waals surface area contributed by atoms with E-state index in [9.17, 15) is 15.0 Å². The zero-order valence-electron chi connectivity index (χ0n) is 12.2. The van der Waals surface area contributed by atoms with Crippen LogP contribution < -0.4 is 5.43 Å². The summed E-state index contributed by atoms with van der Waals surface area (Å²) in [5, 5.41) is 23.7. The smallest absolute Gasteiger partial charge is 0.271 e. The van der Waals surface area contributed by atoms with Crippen LogP contribution in [-0.4, -0.2) is 21.8 Å². The third-order valence-electron chi connectivity index (χ3n) is 3.10. The number of hydrazone groups is 1. The highest BCUT2D eigenvalue weighted by Gasteiger charge is 2.13. The molecule has 0 spiro atoms. The summed E-state index contributed by atoms with van der Waals surface area (Å²) in [6, 6.07) is 8.70. The molecule has 2 rings (SSSR count). The number of hydrogen-bond acceptors (Lipinski definition) is 4. The molecule has 2 aromatic carbocycles. The number of nitrogens with zero attached hydrogens (tertiary/aromatic N) is 1. The third-order valence-corrected chi connectivity index (χ3v) is 3.60. The van der Waals surface area contributed by atoms with Crippen molar-refractivity contribution in [2.24, 2.45) is 5.10 Å². The van der Waals surface area contributed by atoms with E-state index in [0.717, 1.165) is 0 Å². The van der Waals surface area contributed by atoms with Crippen LogP contribution in [0, 0.1) is 0 Å². The van der Waals surface area contributed by atoms with Crippen molar-refractivity contribution in [3.05, 3.63) is 57.6 Å². The first-order valence-electron chi connectivity index (χ1n) is 6.76. The van der Waals surface area contributed by atoms with E-state index in [0.29, 0.717) is 28.3 Å². The second-order valence-corrected chi connectivity index (χ2v) is 5.53. The molecule has 0 aliphatic heterocycles. The van der Waals surface area contributed by atoms with Gasteiger partial charge in [0.25, 0.3) is 5.91 Å². The molecule has 0 saturated heterocycles. The fourth-order valence-electron chi connectivity index (χ4n) is 1.91. The van der Waals surface area contributed by atoms with Crippen LogP contribution in [-0.2, 0) is 0 Å². The molecule has 0 fully saturated rings. The molecule has 120 valence electrons. The molecule has 0 bridgehead atoms. The molecule has 0 unspecified atom stereocenters. The number of phenolic OH excluding ortho intramolecular Hbond substituents is 2. The Morgan fingerprint density at radius 3 is 2.43 bits per heavy atom. The molecule has 0 atom stereocenters. The molecule has 0 aliphatic rings. The van der Waals surface area contributed by atoms with Crippen molar-refractivity contribution in [3.63, 3.8) is 0 Å². The Kier molecular flexibility index (Phi) is 5.47. The SMILES string of the molecule is CC/C(=N\NC(=O)c1ccc(O)cc1)c1cc(Cl)cc(Cl)c1O. The molecule has 5 nitrogen and oxygen atoms in total. The summed E-state index contributed by atoms with van der Waals surface area (Å²) in [5.74, 6) is -0.517. The first kappa shape index (κ1) is 17.1. The molecule has 23 heavy (non-hydrogen) atoms. The number of hydrogen-bond donors (Lipinski definition) is 3. The van der Waals surface area contributed by atoms with Crippen molar-refractivity contribution in [2.45, 2.75) is 13.3 Å². The average Bonchev–Trinajstić information content (AvgIpc) is 2.52. The molecule has 0 saturated carbocycles. The van der Waals surface area contributed by atoms with Gasteiger partial charge in [0.15, 0.2) is 0 Å². The van der Waals surface area contributed by atoms with Crippen LogP contribution in [0.25, 0.3) is 0 Å². The van der Waals surface area contributed by atoms with Gasteiger partial charge in [0, 0.05) is 16.1 Å². The van der Waals surface area contributed by atoms with Crippen molar-refractivity contribution >= 4 is 34.8 Å². The quantitative estimate of drug-likeness (QED) is 0.575. The maximum absolute atomic E-state index is 12.0. The summed E-state index contributed by atoms with van der Waals surface area (Å²) in [5.41, 5.74) is 3.53. The number of phenols is 2. The zero-order valence-corrected chi connectivity index (χ0v) is 13.7. The van der Waals surface area contributed by atoms with Crippen LogP contribution in [0.4, 0.5) is 0 Å². The second kappa shape index (κ2) is 7.35. The highest BCUT2D eigenvalue weighted by atomic mass is 35.5. The number of benzene rings is 2. The van der Waals surface area contributed by atoms with Gasteiger partial charge in [-0.2, -0.15) is 5.10 Å². The lowest BCUT2D eigenvalue weighted by Crippen LogP contribution is -2.20. The number of nitrogens with one attached hydrogen (secondary N) is 1. The minimum absolute atomic E-state index is 0.0674. The van der Waals surface area contributed by atoms with E-state index in [2.05, 4.69) is 10.5 Å². The Balaban J connectivity index is 2.26. The number of rotatable bonds is 4. The van der Waals surface area contributed by atoms with Gasteiger partial charge < -0.3 is 10.2 Å². The predicted octanol–water partition coefficient (Wildman–Crippen LogP) is 3.95. The van der Waals surface area contributed by atoms with E-state index in [4.69, 9.17) is 23.2 Å². The monoisotopic (exact) mass is 352 g/mol. The first-order chi connectivity index (χ1) is 10.9. The van der Waals surface area contributed by atoms with Crippen LogP contribution in [0.3, 0.4) is 0 Å². The molecule has 0 aliphatic carbocycles. The molecule has 0 aromatic heterocycles. The van der Waals surface area contributed by atoms with Gasteiger partial charge in [-0.3, -0.25) is 4.79 Å². The van der Waals surface area contributed by atoms with Crippen molar-refractivity contribution in [2.75, 3.05) is 0 Å². The van der Waals surface area contributed by atoms with Crippen LogP contribution in [0.2, 0.25) is 10.0 Å². The molecule has 2 aromatic rings. The molecule has 0 heterocycles. The van der Waals surface area contributed by atoms with Crippen LogP contribution in [0.1, 0.15) is 29.3 Å². The summed E-state index contributed by atoms with van der Waals surface area (Å²) in [4.78, 5) is 12.0. The topological polar surface area (TPSA) is 81.9 Å². The Morgan fingerprint density at radius 1 is 1.17 bits per heavy atom. The molecule has 0 radical (unpaired) electrons. The van der Waals surface area contributed by atoms with E-state index in [-0.39, 0.29) is 16.5 Å². The van der Waals surface area contributed by atoms with Gasteiger partial charge in [0.2, 0.25) is 0 Å². The summed E-state index contributed by atoms with van der Waals surface area (Å²) in [6.45, 7) is 1.82. The lowest BCUT2D eigenvalue weighted by atomic mass is 10.1. The third kappa shape index (κ3) is 4.15. The Labute approximate surface area is 143 Å². The van der Waals surface area contributed by atoms with Crippen molar-refractivity contribution in [1.29, 1.82) is 0 Å². The molecule has 1 amide bonds. The van der Waals surface area contributed by atoms with Crippen molar-refractivity contribution in [3.8, 4) is 11.5 Å². The lowest BCUT2D eigenvalue weighted by Gasteiger charge is -2.09. The van der Waals surface area contributed by atoms with Crippen LogP contribution >= 0.6 is 23.2 Å². The van der Waals surface area contributed by atoms with Crippen LogP contribution in [0.5, 0.6) is 11.5 Å². The summed E-state index contributed by atoms with van der Waals surface area (Å²) >= 11 is 11.8. The van der Waals surface area contributed by atoms with Gasteiger partial charge in [0.05, 0.1) is 10.7 Å². The van der Waals surface area contributed by atoms with Gasteiger partial charge in [-0.1, -0.05) is 30.1 Å². The zero-order chi connectivity index (χ0) is 17.0. The predicted molar refractivity (Wildman–Crippen MR) is 90.5 cm³/mol. The van der Waals surface area contributed by atoms with E-state index < -0.39 is 5.91 Å². The van der Waals surface area contributed by atoms with Crippen molar-refractivity contribution < 1.29 is 15.0 Å². The normalized spacial score (nSPS) is 11.3. The fraction of sp³-hybridized carbons (Fsp3) is 0.125. The van der Waals surface area contributed by atoms with E-state index in [1.165, 1.54) is 36.4 Å². The Bertz CT molecular complexity index is 759. The Hall–Kier alpha value is -2.24. The van der Waals surface area contributed by atoms with Gasteiger partial charge >= 0.3 is 0 Å². The van der Waals surface area contributed by atoms with Crippen LogP contribution in [0.15, 0.2) is 41.5 Å². The fourth-order valence-corrected chi connectivity index (χ4v) is 2.40. The standard InChI is InChI=1S/C16H14Cl2N2O3/c1-2-14(12-7-10(17)8-13(18)15(12)22)19-20-16(23)9-3-5-11(21)6-4-9/h3-8,21-22H,2H2,1H3,(H,20,23)/b19-14+. The van der Waals surface area contributed by atoms with E-state index in [1.54, 1.807) is 0 Å². The second-order valence-electron chi connectivity index (χ2n) is 4.68. The van der Waals surface area contributed by atoms with Gasteiger partial charge in [-0.05, 0) is 42.8 Å². The highest BCUT2D eigenvalue weighted by Crippen LogP contribution is 2.32. The number of amides is 1. The number of halogens is 2. The number of carbonyl (C=O) groups is 1.